The largest absolute Gasteiger partial charge is 0.378 e. The molecule has 1 amide bonds. The SMILES string of the molecule is O=C(c1cccc(CSc2nnc(N3CCOCC3)n2-c2ccccc2)c1)N1CCCCC1. The monoisotopic (exact) mass is 463 g/mol. The Morgan fingerprint density at radius 3 is 2.48 bits per heavy atom. The maximum Gasteiger partial charge on any atom is 0.253 e. The predicted molar refractivity (Wildman–Crippen MR) is 130 cm³/mol. The molecule has 7 nitrogen and oxygen atoms in total. The highest BCUT2D eigenvalue weighted by atomic mass is 32.2. The maximum atomic E-state index is 12.9. The number of morpholine rings is 1. The van der Waals surface area contributed by atoms with E-state index < -0.39 is 0 Å². The van der Waals surface area contributed by atoms with E-state index in [1.54, 1.807) is 11.8 Å². The normalized spacial score (nSPS) is 16.7. The van der Waals surface area contributed by atoms with E-state index >= 15 is 0 Å². The first-order valence-corrected chi connectivity index (χ1v) is 12.6. The van der Waals surface area contributed by atoms with E-state index in [-0.39, 0.29) is 5.91 Å². The van der Waals surface area contributed by atoms with Gasteiger partial charge in [0.1, 0.15) is 0 Å². The van der Waals surface area contributed by atoms with Gasteiger partial charge in [0, 0.05) is 37.5 Å². The van der Waals surface area contributed by atoms with Crippen LogP contribution in [-0.4, -0.2) is 65.0 Å². The Balaban J connectivity index is 1.35. The first-order valence-electron chi connectivity index (χ1n) is 11.6. The Morgan fingerprint density at radius 1 is 0.909 bits per heavy atom. The van der Waals surface area contributed by atoms with Crippen LogP contribution in [-0.2, 0) is 10.5 Å². The van der Waals surface area contributed by atoms with Crippen LogP contribution in [0.2, 0.25) is 0 Å². The number of para-hydroxylation sites is 1. The molecule has 2 aliphatic heterocycles. The molecule has 2 saturated heterocycles. The lowest BCUT2D eigenvalue weighted by atomic mass is 10.1. The van der Waals surface area contributed by atoms with Gasteiger partial charge >= 0.3 is 0 Å². The number of aromatic nitrogens is 3. The van der Waals surface area contributed by atoms with E-state index in [2.05, 4.69) is 37.9 Å². The molecule has 1 aromatic heterocycles. The van der Waals surface area contributed by atoms with Crippen LogP contribution in [0.25, 0.3) is 5.69 Å². The van der Waals surface area contributed by atoms with Crippen LogP contribution < -0.4 is 4.90 Å². The van der Waals surface area contributed by atoms with Gasteiger partial charge in [0.05, 0.1) is 18.9 Å². The minimum Gasteiger partial charge on any atom is -0.378 e. The molecule has 0 bridgehead atoms. The summed E-state index contributed by atoms with van der Waals surface area (Å²) in [5.41, 5.74) is 2.92. The number of anilines is 1. The topological polar surface area (TPSA) is 63.5 Å². The van der Waals surface area contributed by atoms with E-state index in [0.717, 1.165) is 72.7 Å². The molecule has 5 rings (SSSR count). The standard InChI is InChI=1S/C25H29N5O2S/c31-23(28-12-5-2-6-13-28)21-9-7-8-20(18-21)19-33-25-27-26-24(29-14-16-32-17-15-29)30(25)22-10-3-1-4-11-22/h1,3-4,7-11,18H,2,5-6,12-17,19H2. The number of rotatable bonds is 6. The van der Waals surface area contributed by atoms with Gasteiger partial charge in [-0.1, -0.05) is 42.1 Å². The molecule has 2 aromatic carbocycles. The number of benzene rings is 2. The highest BCUT2D eigenvalue weighted by Crippen LogP contribution is 2.29. The molecule has 2 aliphatic rings. The number of nitrogens with zero attached hydrogens (tertiary/aromatic N) is 5. The zero-order valence-corrected chi connectivity index (χ0v) is 19.5. The summed E-state index contributed by atoms with van der Waals surface area (Å²) in [6.07, 6.45) is 3.42. The van der Waals surface area contributed by atoms with Crippen LogP contribution in [0.5, 0.6) is 0 Å². The van der Waals surface area contributed by atoms with Gasteiger partial charge in [-0.2, -0.15) is 0 Å². The predicted octanol–water partition coefficient (Wildman–Crippen LogP) is 4.02. The Kier molecular flexibility index (Phi) is 6.92. The van der Waals surface area contributed by atoms with Crippen LogP contribution in [0, 0.1) is 0 Å². The molecule has 0 spiro atoms. The van der Waals surface area contributed by atoms with Crippen LogP contribution in [0.3, 0.4) is 0 Å². The van der Waals surface area contributed by atoms with Crippen molar-refractivity contribution >= 4 is 23.6 Å². The Bertz CT molecular complexity index is 1080. The molecular weight excluding hydrogens is 434 g/mol. The lowest BCUT2D eigenvalue weighted by Gasteiger charge is -2.28. The lowest BCUT2D eigenvalue weighted by molar-refractivity contribution is 0.0724. The molecule has 0 N–H and O–H groups in total. The molecule has 0 radical (unpaired) electrons. The van der Waals surface area contributed by atoms with Crippen LogP contribution in [0.1, 0.15) is 35.2 Å². The third-order valence-corrected chi connectivity index (χ3v) is 7.11. The summed E-state index contributed by atoms with van der Waals surface area (Å²) in [5.74, 6) is 1.71. The number of carbonyl (C=O) groups is 1. The quantitative estimate of drug-likeness (QED) is 0.515. The molecule has 172 valence electrons. The number of hydrogen-bond donors (Lipinski definition) is 0. The lowest BCUT2D eigenvalue weighted by Crippen LogP contribution is -2.37. The van der Waals surface area contributed by atoms with Crippen molar-refractivity contribution in [1.82, 2.24) is 19.7 Å². The van der Waals surface area contributed by atoms with Crippen LogP contribution in [0.4, 0.5) is 5.95 Å². The van der Waals surface area contributed by atoms with Crippen molar-refractivity contribution in [3.05, 3.63) is 65.7 Å². The van der Waals surface area contributed by atoms with Gasteiger partial charge in [-0.25, -0.2) is 0 Å². The summed E-state index contributed by atoms with van der Waals surface area (Å²) in [5, 5.41) is 9.91. The van der Waals surface area contributed by atoms with E-state index in [4.69, 9.17) is 4.74 Å². The molecule has 2 fully saturated rings. The summed E-state index contributed by atoms with van der Waals surface area (Å²) < 4.78 is 7.64. The Hall–Kier alpha value is -2.84. The van der Waals surface area contributed by atoms with Gasteiger partial charge in [-0.3, -0.25) is 9.36 Å². The third kappa shape index (κ3) is 5.07. The number of ether oxygens (including phenoxy) is 1. The molecule has 0 aliphatic carbocycles. The average molecular weight is 464 g/mol. The van der Waals surface area contributed by atoms with Crippen molar-refractivity contribution in [2.45, 2.75) is 30.2 Å². The van der Waals surface area contributed by atoms with Crippen molar-refractivity contribution in [2.24, 2.45) is 0 Å². The first kappa shape index (κ1) is 22.0. The van der Waals surface area contributed by atoms with Crippen LogP contribution in [0.15, 0.2) is 59.8 Å². The van der Waals surface area contributed by atoms with Crippen molar-refractivity contribution < 1.29 is 9.53 Å². The summed E-state index contributed by atoms with van der Waals surface area (Å²) in [6, 6.07) is 18.2. The van der Waals surface area contributed by atoms with Gasteiger partial charge in [-0.15, -0.1) is 10.2 Å². The van der Waals surface area contributed by atoms with Crippen molar-refractivity contribution in [1.29, 1.82) is 0 Å². The molecular formula is C25H29N5O2S. The van der Waals surface area contributed by atoms with Crippen molar-refractivity contribution in [3.63, 3.8) is 0 Å². The number of piperidine rings is 1. The highest BCUT2D eigenvalue weighted by Gasteiger charge is 2.22. The number of amides is 1. The summed E-state index contributed by atoms with van der Waals surface area (Å²) in [7, 11) is 0. The third-order valence-electron chi connectivity index (χ3n) is 6.11. The first-order chi connectivity index (χ1) is 16.3. The summed E-state index contributed by atoms with van der Waals surface area (Å²) >= 11 is 1.64. The Morgan fingerprint density at radius 2 is 1.70 bits per heavy atom. The number of thioether (sulfide) groups is 1. The van der Waals surface area contributed by atoms with Crippen molar-refractivity contribution in [2.75, 3.05) is 44.3 Å². The molecule has 0 unspecified atom stereocenters. The molecule has 3 aromatic rings. The fourth-order valence-corrected chi connectivity index (χ4v) is 5.24. The minimum atomic E-state index is 0.142. The van der Waals surface area contributed by atoms with Crippen LogP contribution >= 0.6 is 11.8 Å². The van der Waals surface area contributed by atoms with Crippen molar-refractivity contribution in [3.8, 4) is 5.69 Å². The molecule has 0 saturated carbocycles. The minimum absolute atomic E-state index is 0.142. The number of carbonyl (C=O) groups excluding carboxylic acids is 1. The van der Waals surface area contributed by atoms with E-state index in [9.17, 15) is 4.79 Å². The highest BCUT2D eigenvalue weighted by molar-refractivity contribution is 7.98. The van der Waals surface area contributed by atoms with E-state index in [1.165, 1.54) is 6.42 Å². The molecule has 8 heteroatoms. The van der Waals surface area contributed by atoms with E-state index in [0.29, 0.717) is 13.2 Å². The summed E-state index contributed by atoms with van der Waals surface area (Å²) in [4.78, 5) is 17.1. The van der Waals surface area contributed by atoms with E-state index in [1.807, 2.05) is 41.3 Å². The smallest absolute Gasteiger partial charge is 0.253 e. The fourth-order valence-electron chi connectivity index (χ4n) is 4.35. The zero-order valence-electron chi connectivity index (χ0n) is 18.7. The van der Waals surface area contributed by atoms with Gasteiger partial charge in [0.25, 0.3) is 5.91 Å². The van der Waals surface area contributed by atoms with Gasteiger partial charge < -0.3 is 14.5 Å². The number of hydrogen-bond acceptors (Lipinski definition) is 6. The van der Waals surface area contributed by atoms with Gasteiger partial charge in [-0.05, 0) is 49.1 Å². The zero-order chi connectivity index (χ0) is 22.5. The summed E-state index contributed by atoms with van der Waals surface area (Å²) in [6.45, 7) is 4.72. The Labute approximate surface area is 198 Å². The maximum absolute atomic E-state index is 12.9. The van der Waals surface area contributed by atoms with Gasteiger partial charge in [0.15, 0.2) is 5.16 Å². The van der Waals surface area contributed by atoms with Gasteiger partial charge in [0.2, 0.25) is 5.95 Å². The second-order valence-electron chi connectivity index (χ2n) is 8.39. The molecule has 0 atom stereocenters. The second-order valence-corrected chi connectivity index (χ2v) is 9.34. The fraction of sp³-hybridized carbons (Fsp3) is 0.400. The average Bonchev–Trinajstić information content (AvgIpc) is 3.33. The number of likely N-dealkylation sites (tertiary alicyclic amines) is 1. The molecule has 3 heterocycles. The molecule has 33 heavy (non-hydrogen) atoms. The second kappa shape index (κ2) is 10.4.